The maximum absolute atomic E-state index is 5.13. The van der Waals surface area contributed by atoms with Gasteiger partial charge in [-0.05, 0) is 21.2 Å². The van der Waals surface area contributed by atoms with Crippen LogP contribution in [0, 0.1) is 12.2 Å². The van der Waals surface area contributed by atoms with Crippen molar-refractivity contribution in [1.29, 1.82) is 0 Å². The van der Waals surface area contributed by atoms with Gasteiger partial charge in [0.25, 0.3) is 0 Å². The van der Waals surface area contributed by atoms with Crippen molar-refractivity contribution >= 4 is 70.5 Å². The fourth-order valence-electron chi connectivity index (χ4n) is 5.98. The molecule has 236 valence electrons. The minimum absolute atomic E-state index is 0.344. The summed E-state index contributed by atoms with van der Waals surface area (Å²) in [7, 11) is 9.29. The van der Waals surface area contributed by atoms with Gasteiger partial charge in [-0.3, -0.25) is 12.2 Å². The molecule has 0 radical (unpaired) electrons. The van der Waals surface area contributed by atoms with Crippen LogP contribution in [-0.4, -0.2) is 4.21 Å². The van der Waals surface area contributed by atoms with Crippen molar-refractivity contribution in [2.45, 2.75) is 11.3 Å². The Hall–Kier alpha value is -3.01. The van der Waals surface area contributed by atoms with Gasteiger partial charge < -0.3 is 0 Å². The third kappa shape index (κ3) is 8.77. The van der Waals surface area contributed by atoms with E-state index in [4.69, 9.17) is 17.0 Å². The van der Waals surface area contributed by atoms with E-state index in [9.17, 15) is 0 Å². The first-order valence-electron chi connectivity index (χ1n) is 15.7. The quantitative estimate of drug-likeness (QED) is 0.117. The molecule has 2 unspecified atom stereocenters. The van der Waals surface area contributed by atoms with E-state index in [1.165, 1.54) is 43.5 Å². The summed E-state index contributed by atoms with van der Waals surface area (Å²) in [5, 5.41) is 5.63. The molecule has 0 aromatic heterocycles. The monoisotopic (exact) mass is 772 g/mol. The van der Waals surface area contributed by atoms with Gasteiger partial charge in [0.05, 0.1) is 0 Å². The Morgan fingerprint density at radius 2 is 0.667 bits per heavy atom. The van der Waals surface area contributed by atoms with Crippen molar-refractivity contribution in [3.05, 3.63) is 204 Å². The maximum atomic E-state index is 5.13. The molecule has 5 heteroatoms. The number of fused-ring (bicyclic) bond motifs is 2. The van der Waals surface area contributed by atoms with Crippen LogP contribution < -0.4 is 21.2 Å². The molecule has 6 aromatic rings. The molecule has 8 rings (SSSR count). The number of rotatable bonds is 6. The third-order valence-electron chi connectivity index (χ3n) is 8.03. The van der Waals surface area contributed by atoms with Crippen LogP contribution in [0.15, 0.2) is 170 Å². The normalized spacial score (nSPS) is 15.2. The average Bonchev–Trinajstić information content (AvgIpc) is 3.76. The van der Waals surface area contributed by atoms with Gasteiger partial charge in [0.2, 0.25) is 0 Å². The zero-order chi connectivity index (χ0) is 33.1. The molecule has 0 spiro atoms. The Morgan fingerprint density at radius 1 is 0.417 bits per heavy atom. The molecule has 0 fully saturated rings. The van der Waals surface area contributed by atoms with Crippen LogP contribution in [0.1, 0.15) is 33.6 Å². The molecule has 0 saturated carbocycles. The Balaban J connectivity index is 0.000000151. The number of hydrogen-bond donors (Lipinski definition) is 0. The fourth-order valence-corrected chi connectivity index (χ4v) is 11.2. The van der Waals surface area contributed by atoms with E-state index < -0.39 is 34.7 Å². The van der Waals surface area contributed by atoms with Crippen LogP contribution in [0.5, 0.6) is 0 Å². The van der Waals surface area contributed by atoms with Crippen molar-refractivity contribution < 1.29 is 18.9 Å². The molecule has 0 aliphatic heterocycles. The Morgan fingerprint density at radius 3 is 0.958 bits per heavy atom. The molecule has 0 bridgehead atoms. The van der Waals surface area contributed by atoms with Crippen molar-refractivity contribution in [3.63, 3.8) is 0 Å². The number of benzene rings is 6. The Kier molecular flexibility index (Phi) is 12.8. The predicted octanol–water partition coefficient (Wildman–Crippen LogP) is 10.7. The zero-order valence-corrected chi connectivity index (χ0v) is 32.1. The van der Waals surface area contributed by atoms with E-state index in [2.05, 4.69) is 198 Å². The van der Waals surface area contributed by atoms with Gasteiger partial charge in [0.1, 0.15) is 0 Å². The Labute approximate surface area is 302 Å². The van der Waals surface area contributed by atoms with Gasteiger partial charge >= 0.3 is 40.1 Å². The molecule has 2 aliphatic rings. The summed E-state index contributed by atoms with van der Waals surface area (Å²) in [4.78, 5) is 0. The van der Waals surface area contributed by atoms with Crippen molar-refractivity contribution in [1.82, 2.24) is 0 Å². The van der Waals surface area contributed by atoms with Crippen LogP contribution in [0.3, 0.4) is 0 Å². The Bertz CT molecular complexity index is 1760. The van der Waals surface area contributed by atoms with Crippen LogP contribution in [0.4, 0.5) is 0 Å². The van der Waals surface area contributed by atoms with E-state index >= 15 is 0 Å². The summed E-state index contributed by atoms with van der Waals surface area (Å²) < 4.78 is 3.37. The van der Waals surface area contributed by atoms with Gasteiger partial charge in [-0.1, -0.05) is 185 Å². The average molecular weight is 775 g/mol. The zero-order valence-electron chi connectivity index (χ0n) is 26.3. The second-order valence-corrected chi connectivity index (χ2v) is 23.9. The van der Waals surface area contributed by atoms with Crippen LogP contribution in [0.25, 0.3) is 12.2 Å². The first kappa shape index (κ1) is 34.8. The standard InChI is InChI=1S/2C21H16P.CH2.2ClH.Zr/c2*1-3-10-18(11-4-1)22(19-12-5-2-6-13-19)21-16-15-17-9-7-8-14-20(17)21;;;;/h2*1-15,21H;1H2;2*1H;/q2*-1;;;;+2/p-2. The van der Waals surface area contributed by atoms with Crippen LogP contribution in [0.2, 0.25) is 0 Å². The molecule has 0 amide bonds. The second kappa shape index (κ2) is 17.6. The molecular weight excluding hydrogens is 741 g/mol. The van der Waals surface area contributed by atoms with Crippen LogP contribution in [-0.2, 0) is 18.9 Å². The van der Waals surface area contributed by atoms with E-state index in [0.717, 1.165) is 0 Å². The molecule has 48 heavy (non-hydrogen) atoms. The fraction of sp³-hybridized carbons (Fsp3) is 0.0465. The van der Waals surface area contributed by atoms with E-state index in [1.54, 1.807) is 0 Å². The molecular formula is C43H34Cl2P2Zr-2. The summed E-state index contributed by atoms with van der Waals surface area (Å²) in [6.07, 6.45) is 11.6. The molecule has 0 N–H and O–H groups in total. The van der Waals surface area contributed by atoms with E-state index in [-0.39, 0.29) is 0 Å². The first-order chi connectivity index (χ1) is 23.6. The second-order valence-electron chi connectivity index (χ2n) is 11.1. The molecule has 0 nitrogen and oxygen atoms in total. The first-order valence-corrected chi connectivity index (χ1v) is 26.6. The SMILES string of the molecule is [C-]1=Cc2ccccc2C1P(c1ccccc1)c1ccccc1.[C-]1=Cc2ccccc2C1P(c1ccccc1)c1ccccc1.[CH2]=[Zr]([Cl])[Cl]. The van der Waals surface area contributed by atoms with Crippen molar-refractivity contribution in [3.8, 4) is 0 Å². The third-order valence-corrected chi connectivity index (χ3v) is 13.3. The number of allylic oxidation sites excluding steroid dienone is 2. The van der Waals surface area contributed by atoms with E-state index in [0.29, 0.717) is 11.3 Å². The molecule has 6 aromatic carbocycles. The summed E-state index contributed by atoms with van der Waals surface area (Å²) in [5.74, 6) is 0. The summed E-state index contributed by atoms with van der Waals surface area (Å²) in [6.45, 7) is 0. The minimum atomic E-state index is -1.85. The number of halogens is 2. The summed E-state index contributed by atoms with van der Waals surface area (Å²) in [5.41, 5.74) is 6.12. The van der Waals surface area contributed by atoms with Gasteiger partial charge in [-0.25, -0.2) is 12.2 Å². The van der Waals surface area contributed by atoms with E-state index in [1.807, 2.05) is 0 Å². The molecule has 2 atom stereocenters. The summed E-state index contributed by atoms with van der Waals surface area (Å²) in [6, 6.07) is 60.8. The van der Waals surface area contributed by atoms with Gasteiger partial charge in [0, 0.05) is 0 Å². The van der Waals surface area contributed by atoms with Gasteiger partial charge in [0.15, 0.2) is 0 Å². The van der Waals surface area contributed by atoms with Crippen molar-refractivity contribution in [2.24, 2.45) is 0 Å². The molecule has 0 saturated heterocycles. The topological polar surface area (TPSA) is 0 Å². The van der Waals surface area contributed by atoms with Gasteiger partial charge in [-0.2, -0.15) is 11.1 Å². The number of hydrogen-bond acceptors (Lipinski definition) is 0. The van der Waals surface area contributed by atoms with Crippen molar-refractivity contribution in [2.75, 3.05) is 0 Å². The van der Waals surface area contributed by atoms with Crippen LogP contribution >= 0.6 is 32.9 Å². The molecule has 2 aliphatic carbocycles. The summed E-state index contributed by atoms with van der Waals surface area (Å²) >= 11 is -1.85. The molecule has 0 heterocycles. The van der Waals surface area contributed by atoms with Gasteiger partial charge in [-0.15, -0.1) is 23.3 Å². The predicted molar refractivity (Wildman–Crippen MR) is 211 cm³/mol.